The van der Waals surface area contributed by atoms with E-state index in [1.807, 2.05) is 26.0 Å². The van der Waals surface area contributed by atoms with Gasteiger partial charge in [0.25, 0.3) is 0 Å². The molecule has 0 aliphatic heterocycles. The van der Waals surface area contributed by atoms with Crippen molar-refractivity contribution in [1.29, 1.82) is 0 Å². The van der Waals surface area contributed by atoms with Crippen LogP contribution in [-0.2, 0) is 11.3 Å². The Morgan fingerprint density at radius 1 is 1.29 bits per heavy atom. The van der Waals surface area contributed by atoms with Crippen LogP contribution in [0.15, 0.2) is 33.8 Å². The Morgan fingerprint density at radius 2 is 2.11 bits per heavy atom. The zero-order valence-corrected chi connectivity index (χ0v) is 17.8. The molecule has 0 saturated carbocycles. The first-order valence-electron chi connectivity index (χ1n) is 9.75. The first-order chi connectivity index (χ1) is 13.5. The van der Waals surface area contributed by atoms with Crippen molar-refractivity contribution in [2.45, 2.75) is 46.8 Å². The van der Waals surface area contributed by atoms with Crippen molar-refractivity contribution in [3.63, 3.8) is 0 Å². The van der Waals surface area contributed by atoms with E-state index in [2.05, 4.69) is 39.6 Å². The van der Waals surface area contributed by atoms with Crippen LogP contribution in [0.3, 0.4) is 0 Å². The molecule has 0 radical (unpaired) electrons. The molecule has 0 amide bonds. The topological polar surface area (TPSA) is 84.6 Å². The first-order valence-corrected chi connectivity index (χ1v) is 10.1. The number of hydrogen-bond donors (Lipinski definition) is 2. The average Bonchev–Trinajstić information content (AvgIpc) is 3.14. The minimum absolute atomic E-state index is 0.233. The number of halogens is 1. The van der Waals surface area contributed by atoms with Crippen molar-refractivity contribution in [1.82, 2.24) is 20.8 Å². The van der Waals surface area contributed by atoms with Gasteiger partial charge in [-0.15, -0.1) is 0 Å². The maximum Gasteiger partial charge on any atom is 0.248 e. The third-order valence-electron chi connectivity index (χ3n) is 4.11. The van der Waals surface area contributed by atoms with Crippen molar-refractivity contribution in [3.05, 3.63) is 35.2 Å². The SMILES string of the molecule is CCNC(=NCc1nc(-c2cccc(Cl)c2)no1)NCCC(OCC)C(C)C. The molecule has 0 aliphatic carbocycles. The molecule has 2 aromatic rings. The fourth-order valence-corrected chi connectivity index (χ4v) is 2.90. The molecule has 7 nitrogen and oxygen atoms in total. The molecule has 2 rings (SSSR count). The standard InChI is InChI=1S/C20H30ClN5O2/c1-5-22-20(23-11-10-17(14(3)4)27-6-2)24-13-18-25-19(26-28-18)15-8-7-9-16(21)12-15/h7-9,12,14,17H,5-6,10-11,13H2,1-4H3,(H2,22,23,24). The van der Waals surface area contributed by atoms with Gasteiger partial charge in [-0.3, -0.25) is 0 Å². The summed E-state index contributed by atoms with van der Waals surface area (Å²) in [6.07, 6.45) is 1.15. The molecule has 0 saturated heterocycles. The largest absolute Gasteiger partial charge is 0.378 e. The number of rotatable bonds is 10. The second-order valence-electron chi connectivity index (χ2n) is 6.67. The van der Waals surface area contributed by atoms with E-state index in [1.54, 1.807) is 12.1 Å². The third-order valence-corrected chi connectivity index (χ3v) is 4.35. The van der Waals surface area contributed by atoms with Crippen molar-refractivity contribution >= 4 is 17.6 Å². The van der Waals surface area contributed by atoms with E-state index in [4.69, 9.17) is 20.9 Å². The molecule has 0 spiro atoms. The van der Waals surface area contributed by atoms with Gasteiger partial charge in [-0.25, -0.2) is 4.99 Å². The molecular formula is C20H30ClN5O2. The molecular weight excluding hydrogens is 378 g/mol. The van der Waals surface area contributed by atoms with E-state index in [0.717, 1.165) is 31.7 Å². The van der Waals surface area contributed by atoms with Gasteiger partial charge in [0.15, 0.2) is 5.96 Å². The van der Waals surface area contributed by atoms with Crippen molar-refractivity contribution in [2.24, 2.45) is 10.9 Å². The van der Waals surface area contributed by atoms with Crippen LogP contribution in [0.25, 0.3) is 11.4 Å². The Labute approximate surface area is 171 Å². The molecule has 1 aromatic carbocycles. The highest BCUT2D eigenvalue weighted by Crippen LogP contribution is 2.20. The Hall–Kier alpha value is -2.12. The zero-order valence-electron chi connectivity index (χ0n) is 17.0. The lowest BCUT2D eigenvalue weighted by atomic mass is 10.0. The number of hydrogen-bond acceptors (Lipinski definition) is 5. The Bertz CT molecular complexity index is 748. The van der Waals surface area contributed by atoms with Gasteiger partial charge < -0.3 is 19.9 Å². The minimum atomic E-state index is 0.233. The number of nitrogens with one attached hydrogen (secondary N) is 2. The second kappa shape index (κ2) is 11.7. The van der Waals surface area contributed by atoms with E-state index >= 15 is 0 Å². The van der Waals surface area contributed by atoms with Crippen LogP contribution in [0.2, 0.25) is 5.02 Å². The predicted molar refractivity (Wildman–Crippen MR) is 112 cm³/mol. The molecule has 2 N–H and O–H groups in total. The smallest absolute Gasteiger partial charge is 0.248 e. The Balaban J connectivity index is 1.93. The summed E-state index contributed by atoms with van der Waals surface area (Å²) in [5, 5.41) is 11.2. The summed E-state index contributed by atoms with van der Waals surface area (Å²) in [7, 11) is 0. The molecule has 0 aliphatic rings. The van der Waals surface area contributed by atoms with Gasteiger partial charge in [-0.05, 0) is 38.3 Å². The van der Waals surface area contributed by atoms with Gasteiger partial charge in [-0.1, -0.05) is 42.7 Å². The molecule has 1 unspecified atom stereocenters. The van der Waals surface area contributed by atoms with Crippen LogP contribution in [0.1, 0.15) is 40.0 Å². The number of aliphatic imine (C=N–C) groups is 1. The lowest BCUT2D eigenvalue weighted by Crippen LogP contribution is -2.39. The third kappa shape index (κ3) is 7.13. The number of guanidine groups is 1. The number of ether oxygens (including phenoxy) is 1. The average molecular weight is 408 g/mol. The zero-order chi connectivity index (χ0) is 20.4. The normalized spacial score (nSPS) is 13.0. The van der Waals surface area contributed by atoms with E-state index in [0.29, 0.717) is 35.2 Å². The highest BCUT2D eigenvalue weighted by Gasteiger charge is 2.13. The van der Waals surface area contributed by atoms with E-state index in [1.165, 1.54) is 0 Å². The summed E-state index contributed by atoms with van der Waals surface area (Å²) in [6.45, 7) is 11.0. The summed E-state index contributed by atoms with van der Waals surface area (Å²) in [5.74, 6) is 2.14. The summed E-state index contributed by atoms with van der Waals surface area (Å²) < 4.78 is 11.1. The van der Waals surface area contributed by atoms with Crippen LogP contribution < -0.4 is 10.6 Å². The van der Waals surface area contributed by atoms with E-state index < -0.39 is 0 Å². The van der Waals surface area contributed by atoms with Crippen LogP contribution in [0.4, 0.5) is 0 Å². The summed E-state index contributed by atoms with van der Waals surface area (Å²) >= 11 is 6.02. The first kappa shape index (κ1) is 22.2. The number of nitrogens with zero attached hydrogens (tertiary/aromatic N) is 3. The number of benzene rings is 1. The van der Waals surface area contributed by atoms with Crippen molar-refractivity contribution in [3.8, 4) is 11.4 Å². The van der Waals surface area contributed by atoms with E-state index in [9.17, 15) is 0 Å². The molecule has 1 atom stereocenters. The molecule has 154 valence electrons. The minimum Gasteiger partial charge on any atom is -0.378 e. The highest BCUT2D eigenvalue weighted by molar-refractivity contribution is 6.30. The van der Waals surface area contributed by atoms with Crippen LogP contribution in [0, 0.1) is 5.92 Å². The molecule has 8 heteroatoms. The lowest BCUT2D eigenvalue weighted by Gasteiger charge is -2.21. The van der Waals surface area contributed by atoms with Gasteiger partial charge in [0.2, 0.25) is 11.7 Å². The van der Waals surface area contributed by atoms with E-state index in [-0.39, 0.29) is 6.10 Å². The predicted octanol–water partition coefficient (Wildman–Crippen LogP) is 3.90. The Kier molecular flexibility index (Phi) is 9.23. The maximum atomic E-state index is 6.02. The lowest BCUT2D eigenvalue weighted by molar-refractivity contribution is 0.0258. The van der Waals surface area contributed by atoms with Gasteiger partial charge in [0.05, 0.1) is 6.10 Å². The maximum absolute atomic E-state index is 6.02. The highest BCUT2D eigenvalue weighted by atomic mass is 35.5. The summed E-state index contributed by atoms with van der Waals surface area (Å²) in [4.78, 5) is 8.92. The van der Waals surface area contributed by atoms with Gasteiger partial charge in [-0.2, -0.15) is 4.98 Å². The van der Waals surface area contributed by atoms with Gasteiger partial charge >= 0.3 is 0 Å². The molecule has 0 bridgehead atoms. The van der Waals surface area contributed by atoms with Crippen molar-refractivity contribution < 1.29 is 9.26 Å². The molecule has 28 heavy (non-hydrogen) atoms. The van der Waals surface area contributed by atoms with Gasteiger partial charge in [0.1, 0.15) is 6.54 Å². The second-order valence-corrected chi connectivity index (χ2v) is 7.11. The molecule has 1 heterocycles. The monoisotopic (exact) mass is 407 g/mol. The molecule has 1 aromatic heterocycles. The quantitative estimate of drug-likeness (QED) is 0.459. The summed E-state index contributed by atoms with van der Waals surface area (Å²) in [5.41, 5.74) is 0.812. The number of aromatic nitrogens is 2. The fourth-order valence-electron chi connectivity index (χ4n) is 2.71. The fraction of sp³-hybridized carbons (Fsp3) is 0.550. The summed E-state index contributed by atoms with van der Waals surface area (Å²) in [6, 6.07) is 7.35. The van der Waals surface area contributed by atoms with Crippen LogP contribution >= 0.6 is 11.6 Å². The van der Waals surface area contributed by atoms with Crippen LogP contribution in [-0.4, -0.2) is 41.9 Å². The van der Waals surface area contributed by atoms with Gasteiger partial charge in [0, 0.05) is 30.3 Å². The van der Waals surface area contributed by atoms with Crippen LogP contribution in [0.5, 0.6) is 0 Å². The molecule has 0 fully saturated rings. The van der Waals surface area contributed by atoms with Crippen molar-refractivity contribution in [2.75, 3.05) is 19.7 Å². The Morgan fingerprint density at radius 3 is 2.79 bits per heavy atom.